The lowest BCUT2D eigenvalue weighted by Crippen LogP contribution is -2.47. The van der Waals surface area contributed by atoms with E-state index in [1.807, 2.05) is 0 Å². The average molecular weight is 259 g/mol. The molecule has 1 amide bonds. The number of carbonyl (C=O) groups is 1. The maximum Gasteiger partial charge on any atom is 0.438 e. The topological polar surface area (TPSA) is 97.2 Å². The number of halogens is 1. The van der Waals surface area contributed by atoms with Gasteiger partial charge in [0.2, 0.25) is 0 Å². The number of carbonyl (C=O) groups excluding carboxylic acids is 1. The Balaban J connectivity index is 1.79. The fourth-order valence-corrected chi connectivity index (χ4v) is 1.74. The second-order valence-electron chi connectivity index (χ2n) is 4.13. The molecule has 1 aliphatic rings. The minimum atomic E-state index is -1.85. The van der Waals surface area contributed by atoms with E-state index >= 15 is 0 Å². The minimum absolute atomic E-state index is 0.0691. The van der Waals surface area contributed by atoms with E-state index in [1.54, 1.807) is 0 Å². The third-order valence-electron chi connectivity index (χ3n) is 2.82. The summed E-state index contributed by atoms with van der Waals surface area (Å²) in [5.41, 5.74) is -1.85. The molecule has 1 saturated heterocycles. The quantitative estimate of drug-likeness (QED) is 0.762. The Morgan fingerprint density at radius 3 is 2.83 bits per heavy atom. The van der Waals surface area contributed by atoms with Crippen LogP contribution in [0.5, 0.6) is 0 Å². The van der Waals surface area contributed by atoms with Crippen molar-refractivity contribution in [3.05, 3.63) is 16.4 Å². The number of amides is 1. The average Bonchev–Trinajstić information content (AvgIpc) is 2.76. The molecule has 0 atom stereocenters. The van der Waals surface area contributed by atoms with Crippen molar-refractivity contribution < 1.29 is 18.4 Å². The van der Waals surface area contributed by atoms with E-state index in [-0.39, 0.29) is 39.0 Å². The van der Waals surface area contributed by atoms with Crippen LogP contribution in [0.2, 0.25) is 0 Å². The molecule has 2 N–H and O–H groups in total. The number of aromatic nitrogens is 2. The maximum atomic E-state index is 14.1. The van der Waals surface area contributed by atoms with Gasteiger partial charge in [-0.3, -0.25) is 14.3 Å². The van der Waals surface area contributed by atoms with Gasteiger partial charge in [-0.15, -0.1) is 0 Å². The third kappa shape index (κ3) is 2.95. The lowest BCUT2D eigenvalue weighted by atomic mass is 9.95. The number of hydrogen-bond donors (Lipinski definition) is 2. The van der Waals surface area contributed by atoms with Crippen molar-refractivity contribution in [3.63, 3.8) is 0 Å². The van der Waals surface area contributed by atoms with Gasteiger partial charge in [-0.05, 0) is 0 Å². The van der Waals surface area contributed by atoms with Crippen molar-refractivity contribution in [1.82, 2.24) is 15.5 Å². The largest absolute Gasteiger partial charge is 0.438 e. The monoisotopic (exact) mass is 259 g/mol. The molecular formula is C10H14FN3O4. The summed E-state index contributed by atoms with van der Waals surface area (Å²) < 4.78 is 23.4. The van der Waals surface area contributed by atoms with Crippen LogP contribution in [0.4, 0.5) is 4.39 Å². The Morgan fingerprint density at radius 1 is 1.50 bits per heavy atom. The van der Waals surface area contributed by atoms with E-state index in [9.17, 15) is 14.0 Å². The van der Waals surface area contributed by atoms with Crippen LogP contribution in [-0.4, -0.2) is 41.5 Å². The Hall–Kier alpha value is -1.70. The van der Waals surface area contributed by atoms with Crippen LogP contribution in [0.1, 0.15) is 18.7 Å². The summed E-state index contributed by atoms with van der Waals surface area (Å²) in [7, 11) is 0. The predicted molar refractivity (Wildman–Crippen MR) is 57.7 cm³/mol. The normalized spacial score (nSPS) is 18.5. The Bertz CT molecular complexity index is 464. The first kappa shape index (κ1) is 12.7. The van der Waals surface area contributed by atoms with Crippen LogP contribution < -0.4 is 11.1 Å². The fraction of sp³-hybridized carbons (Fsp3) is 0.700. The first-order valence-corrected chi connectivity index (χ1v) is 5.70. The van der Waals surface area contributed by atoms with E-state index in [0.717, 1.165) is 0 Å². The Morgan fingerprint density at radius 2 is 2.22 bits per heavy atom. The number of rotatable bonds is 4. The highest BCUT2D eigenvalue weighted by molar-refractivity contribution is 5.85. The molecule has 2 rings (SSSR count). The number of nitrogens with zero attached hydrogens (tertiary/aromatic N) is 1. The Labute approximate surface area is 102 Å². The standard InChI is InChI=1S/C10H14FN3O4/c11-10(2-5-17-6-3-10)8(15)12-4-1-7-13-9(16)18-14-7/h1-6H2,(H,12,15)(H,13,14,16). The molecule has 1 fully saturated rings. The van der Waals surface area contributed by atoms with Crippen molar-refractivity contribution >= 4 is 5.91 Å². The SMILES string of the molecule is O=C(NCCc1noc(=O)[nH]1)C1(F)CCOCC1. The van der Waals surface area contributed by atoms with Gasteiger partial charge in [0, 0.05) is 25.8 Å². The molecule has 18 heavy (non-hydrogen) atoms. The van der Waals surface area contributed by atoms with Crippen molar-refractivity contribution in [2.24, 2.45) is 0 Å². The molecule has 1 aliphatic heterocycles. The first-order chi connectivity index (χ1) is 8.60. The lowest BCUT2D eigenvalue weighted by molar-refractivity contribution is -0.139. The molecular weight excluding hydrogens is 245 g/mol. The summed E-state index contributed by atoms with van der Waals surface area (Å²) in [4.78, 5) is 24.6. The third-order valence-corrected chi connectivity index (χ3v) is 2.82. The molecule has 7 nitrogen and oxygen atoms in total. The van der Waals surface area contributed by atoms with Crippen LogP contribution in [0, 0.1) is 0 Å². The summed E-state index contributed by atoms with van der Waals surface area (Å²) >= 11 is 0. The number of alkyl halides is 1. The van der Waals surface area contributed by atoms with Crippen LogP contribution in [0.15, 0.2) is 9.32 Å². The molecule has 0 bridgehead atoms. The van der Waals surface area contributed by atoms with Gasteiger partial charge in [-0.2, -0.15) is 0 Å². The van der Waals surface area contributed by atoms with E-state index in [1.165, 1.54) is 0 Å². The van der Waals surface area contributed by atoms with E-state index in [4.69, 9.17) is 4.74 Å². The number of aromatic amines is 1. The molecule has 1 aromatic heterocycles. The summed E-state index contributed by atoms with van der Waals surface area (Å²) in [6, 6.07) is 0. The van der Waals surface area contributed by atoms with E-state index < -0.39 is 17.3 Å². The first-order valence-electron chi connectivity index (χ1n) is 5.70. The predicted octanol–water partition coefficient (Wildman–Crippen LogP) is -0.460. The molecule has 1 aromatic rings. The molecule has 0 radical (unpaired) electrons. The number of ether oxygens (including phenoxy) is 1. The molecule has 8 heteroatoms. The highest BCUT2D eigenvalue weighted by atomic mass is 19.1. The molecule has 0 spiro atoms. The molecule has 2 heterocycles. The van der Waals surface area contributed by atoms with Crippen molar-refractivity contribution in [1.29, 1.82) is 0 Å². The van der Waals surface area contributed by atoms with Crippen LogP contribution in [-0.2, 0) is 16.0 Å². The van der Waals surface area contributed by atoms with Gasteiger partial charge < -0.3 is 10.1 Å². The zero-order valence-electron chi connectivity index (χ0n) is 9.70. The molecule has 0 aliphatic carbocycles. The molecule has 100 valence electrons. The molecule has 0 unspecified atom stereocenters. The van der Waals surface area contributed by atoms with Gasteiger partial charge in [0.05, 0.1) is 13.2 Å². The smallest absolute Gasteiger partial charge is 0.381 e. The van der Waals surface area contributed by atoms with Gasteiger partial charge in [0.25, 0.3) is 5.91 Å². The van der Waals surface area contributed by atoms with Crippen molar-refractivity contribution in [2.75, 3.05) is 19.8 Å². The number of nitrogens with one attached hydrogen (secondary N) is 2. The van der Waals surface area contributed by atoms with Gasteiger partial charge in [0.1, 0.15) is 0 Å². The zero-order chi connectivity index (χ0) is 13.0. The minimum Gasteiger partial charge on any atom is -0.381 e. The van der Waals surface area contributed by atoms with E-state index in [0.29, 0.717) is 5.82 Å². The molecule has 0 aromatic carbocycles. The second kappa shape index (κ2) is 5.30. The van der Waals surface area contributed by atoms with Crippen LogP contribution >= 0.6 is 0 Å². The number of hydrogen-bond acceptors (Lipinski definition) is 5. The molecule has 0 saturated carbocycles. The van der Waals surface area contributed by atoms with Gasteiger partial charge in [-0.1, -0.05) is 5.16 Å². The summed E-state index contributed by atoms with van der Waals surface area (Å²) in [6.45, 7) is 0.689. The number of H-pyrrole nitrogens is 1. The van der Waals surface area contributed by atoms with Gasteiger partial charge >= 0.3 is 5.76 Å². The zero-order valence-corrected chi connectivity index (χ0v) is 9.70. The maximum absolute atomic E-state index is 14.1. The highest BCUT2D eigenvalue weighted by Gasteiger charge is 2.39. The fourth-order valence-electron chi connectivity index (χ4n) is 1.74. The highest BCUT2D eigenvalue weighted by Crippen LogP contribution is 2.25. The van der Waals surface area contributed by atoms with Crippen molar-refractivity contribution in [2.45, 2.75) is 24.9 Å². The van der Waals surface area contributed by atoms with Gasteiger partial charge in [-0.25, -0.2) is 9.18 Å². The van der Waals surface area contributed by atoms with Crippen LogP contribution in [0.3, 0.4) is 0 Å². The second-order valence-corrected chi connectivity index (χ2v) is 4.13. The summed E-state index contributed by atoms with van der Waals surface area (Å²) in [5.74, 6) is -0.973. The lowest BCUT2D eigenvalue weighted by Gasteiger charge is -2.27. The Kier molecular flexibility index (Phi) is 3.75. The summed E-state index contributed by atoms with van der Waals surface area (Å²) in [5, 5.41) is 5.91. The van der Waals surface area contributed by atoms with Crippen molar-refractivity contribution in [3.8, 4) is 0 Å². The van der Waals surface area contributed by atoms with Gasteiger partial charge in [0.15, 0.2) is 11.5 Å². The van der Waals surface area contributed by atoms with E-state index in [2.05, 4.69) is 20.0 Å². The van der Waals surface area contributed by atoms with Crippen LogP contribution in [0.25, 0.3) is 0 Å². The summed E-state index contributed by atoms with van der Waals surface area (Å²) in [6.07, 6.45) is 0.420.